The van der Waals surface area contributed by atoms with Crippen LogP contribution in [-0.2, 0) is 11.3 Å². The van der Waals surface area contributed by atoms with Crippen molar-refractivity contribution in [2.24, 2.45) is 0 Å². The van der Waals surface area contributed by atoms with E-state index in [9.17, 15) is 14.0 Å². The molecule has 23 heavy (non-hydrogen) atoms. The molecule has 0 fully saturated rings. The van der Waals surface area contributed by atoms with Gasteiger partial charge in [-0.25, -0.2) is 9.18 Å². The molecular weight excluding hydrogens is 297 g/mol. The molecule has 2 N–H and O–H groups in total. The van der Waals surface area contributed by atoms with Gasteiger partial charge in [0.1, 0.15) is 5.82 Å². The lowest BCUT2D eigenvalue weighted by Gasteiger charge is -2.17. The molecule has 0 aliphatic carbocycles. The molecule has 0 atom stereocenters. The number of benzene rings is 2. The van der Waals surface area contributed by atoms with Gasteiger partial charge in [-0.2, -0.15) is 0 Å². The fourth-order valence-electron chi connectivity index (χ4n) is 1.92. The number of para-hydroxylation sites is 1. The van der Waals surface area contributed by atoms with E-state index in [1.54, 1.807) is 19.2 Å². The van der Waals surface area contributed by atoms with E-state index < -0.39 is 6.03 Å². The zero-order valence-electron chi connectivity index (χ0n) is 12.8. The Kier molecular flexibility index (Phi) is 5.68. The van der Waals surface area contributed by atoms with Gasteiger partial charge < -0.3 is 15.5 Å². The largest absolute Gasteiger partial charge is 0.334 e. The molecule has 120 valence electrons. The summed E-state index contributed by atoms with van der Waals surface area (Å²) in [5, 5.41) is 5.11. The zero-order valence-corrected chi connectivity index (χ0v) is 12.8. The molecule has 0 aliphatic heterocycles. The quantitative estimate of drug-likeness (QED) is 0.889. The second-order valence-corrected chi connectivity index (χ2v) is 4.95. The number of anilines is 1. The molecule has 2 rings (SSSR count). The van der Waals surface area contributed by atoms with Crippen molar-refractivity contribution in [2.75, 3.05) is 18.5 Å². The standard InChI is InChI=1S/C17H18FN3O2/c1-21(15-5-3-2-4-6-15)16(22)12-20-17(23)19-11-13-7-9-14(18)10-8-13/h2-10H,11-12H2,1H3,(H2,19,20,23). The van der Waals surface area contributed by atoms with E-state index in [0.717, 1.165) is 11.3 Å². The number of nitrogens with zero attached hydrogens (tertiary/aromatic N) is 1. The number of urea groups is 1. The van der Waals surface area contributed by atoms with E-state index in [1.165, 1.54) is 17.0 Å². The monoisotopic (exact) mass is 315 g/mol. The van der Waals surface area contributed by atoms with Gasteiger partial charge in [-0.15, -0.1) is 0 Å². The molecular formula is C17H18FN3O2. The van der Waals surface area contributed by atoms with Gasteiger partial charge in [-0.3, -0.25) is 4.79 Å². The van der Waals surface area contributed by atoms with Crippen molar-refractivity contribution in [1.29, 1.82) is 0 Å². The minimum absolute atomic E-state index is 0.110. The lowest BCUT2D eigenvalue weighted by molar-refractivity contribution is -0.117. The number of likely N-dealkylation sites (N-methyl/N-ethyl adjacent to an activating group) is 1. The van der Waals surface area contributed by atoms with Crippen LogP contribution in [0.2, 0.25) is 0 Å². The average molecular weight is 315 g/mol. The fraction of sp³-hybridized carbons (Fsp3) is 0.176. The summed E-state index contributed by atoms with van der Waals surface area (Å²) in [7, 11) is 1.65. The molecule has 3 amide bonds. The smallest absolute Gasteiger partial charge is 0.315 e. The molecule has 0 unspecified atom stereocenters. The highest BCUT2D eigenvalue weighted by atomic mass is 19.1. The predicted octanol–water partition coefficient (Wildman–Crippen LogP) is 2.29. The zero-order chi connectivity index (χ0) is 16.7. The van der Waals surface area contributed by atoms with Crippen molar-refractivity contribution in [2.45, 2.75) is 6.54 Å². The molecule has 0 spiro atoms. The Morgan fingerprint density at radius 3 is 2.30 bits per heavy atom. The number of nitrogens with one attached hydrogen (secondary N) is 2. The summed E-state index contributed by atoms with van der Waals surface area (Å²) in [6.45, 7) is 0.148. The van der Waals surface area contributed by atoms with E-state index >= 15 is 0 Å². The van der Waals surface area contributed by atoms with Crippen LogP contribution in [-0.4, -0.2) is 25.5 Å². The average Bonchev–Trinajstić information content (AvgIpc) is 2.59. The predicted molar refractivity (Wildman–Crippen MR) is 86.5 cm³/mol. The van der Waals surface area contributed by atoms with Gasteiger partial charge in [0.25, 0.3) is 0 Å². The van der Waals surface area contributed by atoms with Gasteiger partial charge in [0.2, 0.25) is 5.91 Å². The first-order valence-electron chi connectivity index (χ1n) is 7.14. The van der Waals surface area contributed by atoms with Crippen LogP contribution in [0, 0.1) is 5.82 Å². The maximum atomic E-state index is 12.8. The van der Waals surface area contributed by atoms with Crippen LogP contribution in [0.15, 0.2) is 54.6 Å². The van der Waals surface area contributed by atoms with Crippen LogP contribution in [0.4, 0.5) is 14.9 Å². The number of halogens is 1. The molecule has 0 aliphatic rings. The summed E-state index contributed by atoms with van der Waals surface area (Å²) in [6, 6.07) is 14.5. The molecule has 0 bridgehead atoms. The summed E-state index contributed by atoms with van der Waals surface area (Å²) >= 11 is 0. The minimum Gasteiger partial charge on any atom is -0.334 e. The summed E-state index contributed by atoms with van der Waals surface area (Å²) in [6.07, 6.45) is 0. The van der Waals surface area contributed by atoms with E-state index in [-0.39, 0.29) is 24.8 Å². The van der Waals surface area contributed by atoms with E-state index in [0.29, 0.717) is 0 Å². The highest BCUT2D eigenvalue weighted by Gasteiger charge is 2.11. The van der Waals surface area contributed by atoms with Crippen molar-refractivity contribution in [3.05, 3.63) is 66.0 Å². The number of carbonyl (C=O) groups excluding carboxylic acids is 2. The first kappa shape index (κ1) is 16.5. The van der Waals surface area contributed by atoms with Crippen LogP contribution >= 0.6 is 0 Å². The van der Waals surface area contributed by atoms with Crippen LogP contribution in [0.1, 0.15) is 5.56 Å². The number of hydrogen-bond acceptors (Lipinski definition) is 2. The molecule has 0 saturated carbocycles. The van der Waals surface area contributed by atoms with Gasteiger partial charge in [-0.05, 0) is 29.8 Å². The van der Waals surface area contributed by atoms with Crippen molar-refractivity contribution < 1.29 is 14.0 Å². The van der Waals surface area contributed by atoms with E-state index in [2.05, 4.69) is 10.6 Å². The third-order valence-electron chi connectivity index (χ3n) is 3.28. The van der Waals surface area contributed by atoms with Crippen molar-refractivity contribution in [1.82, 2.24) is 10.6 Å². The lowest BCUT2D eigenvalue weighted by Crippen LogP contribution is -2.42. The van der Waals surface area contributed by atoms with Gasteiger partial charge in [0.05, 0.1) is 6.54 Å². The van der Waals surface area contributed by atoms with E-state index in [4.69, 9.17) is 0 Å². The number of hydrogen-bond donors (Lipinski definition) is 2. The van der Waals surface area contributed by atoms with Crippen molar-refractivity contribution in [3.8, 4) is 0 Å². The molecule has 6 heteroatoms. The van der Waals surface area contributed by atoms with Crippen molar-refractivity contribution in [3.63, 3.8) is 0 Å². The number of carbonyl (C=O) groups is 2. The van der Waals surface area contributed by atoms with Gasteiger partial charge >= 0.3 is 6.03 Å². The highest BCUT2D eigenvalue weighted by molar-refractivity contribution is 5.96. The minimum atomic E-state index is -0.455. The molecule has 0 heterocycles. The normalized spacial score (nSPS) is 10.0. The first-order valence-corrected chi connectivity index (χ1v) is 7.14. The summed E-state index contributed by atoms with van der Waals surface area (Å²) < 4.78 is 12.8. The SMILES string of the molecule is CN(C(=O)CNC(=O)NCc1ccc(F)cc1)c1ccccc1. The maximum Gasteiger partial charge on any atom is 0.315 e. The Labute approximate surface area is 134 Å². The fourth-order valence-corrected chi connectivity index (χ4v) is 1.92. The lowest BCUT2D eigenvalue weighted by atomic mass is 10.2. The van der Waals surface area contributed by atoms with Gasteiger partial charge in [-0.1, -0.05) is 30.3 Å². The Hall–Kier alpha value is -2.89. The Bertz CT molecular complexity index is 659. The summed E-state index contributed by atoms with van der Waals surface area (Å²) in [5.74, 6) is -0.555. The second kappa shape index (κ2) is 7.93. The van der Waals surface area contributed by atoms with Gasteiger partial charge in [0.15, 0.2) is 0 Å². The first-order chi connectivity index (χ1) is 11.1. The molecule has 0 aromatic heterocycles. The number of rotatable bonds is 5. The summed E-state index contributed by atoms with van der Waals surface area (Å²) in [5.41, 5.74) is 1.53. The Balaban J connectivity index is 1.75. The van der Waals surface area contributed by atoms with Crippen LogP contribution in [0.25, 0.3) is 0 Å². The molecule has 2 aromatic rings. The van der Waals surface area contributed by atoms with Crippen LogP contribution in [0.5, 0.6) is 0 Å². The molecule has 0 saturated heterocycles. The van der Waals surface area contributed by atoms with E-state index in [1.807, 2.05) is 30.3 Å². The molecule has 5 nitrogen and oxygen atoms in total. The van der Waals surface area contributed by atoms with Crippen LogP contribution in [0.3, 0.4) is 0 Å². The highest BCUT2D eigenvalue weighted by Crippen LogP contribution is 2.10. The van der Waals surface area contributed by atoms with Crippen LogP contribution < -0.4 is 15.5 Å². The topological polar surface area (TPSA) is 61.4 Å². The third-order valence-corrected chi connectivity index (χ3v) is 3.28. The molecule has 0 radical (unpaired) electrons. The summed E-state index contributed by atoms with van der Waals surface area (Å²) in [4.78, 5) is 25.2. The second-order valence-electron chi connectivity index (χ2n) is 4.95. The maximum absolute atomic E-state index is 12.8. The molecule has 2 aromatic carbocycles. The number of amides is 3. The van der Waals surface area contributed by atoms with Crippen molar-refractivity contribution >= 4 is 17.6 Å². The Morgan fingerprint density at radius 2 is 1.65 bits per heavy atom. The Morgan fingerprint density at radius 1 is 1.00 bits per heavy atom. The third kappa shape index (κ3) is 5.10. The van der Waals surface area contributed by atoms with Gasteiger partial charge in [0, 0.05) is 19.3 Å².